The summed E-state index contributed by atoms with van der Waals surface area (Å²) in [5.74, 6) is -5.33. The summed E-state index contributed by atoms with van der Waals surface area (Å²) >= 11 is 0. The Labute approximate surface area is 143 Å². The fourth-order valence-electron chi connectivity index (χ4n) is 2.65. The van der Waals surface area contributed by atoms with E-state index in [1.54, 1.807) is 13.0 Å². The first-order chi connectivity index (χ1) is 12.0. The average Bonchev–Trinajstić information content (AvgIpc) is 2.62. The largest absolute Gasteiger partial charge is 0.378 e. The van der Waals surface area contributed by atoms with E-state index in [0.717, 1.165) is 36.5 Å². The molecule has 0 aliphatic carbocycles. The molecule has 1 saturated heterocycles. The van der Waals surface area contributed by atoms with Gasteiger partial charge in [0.05, 0.1) is 18.8 Å². The molecule has 0 aromatic heterocycles. The summed E-state index contributed by atoms with van der Waals surface area (Å²) in [6, 6.07) is 7.18. The van der Waals surface area contributed by atoms with Crippen molar-refractivity contribution in [1.82, 2.24) is 0 Å². The maximum absolute atomic E-state index is 13.8. The lowest BCUT2D eigenvalue weighted by Gasteiger charge is -2.29. The van der Waals surface area contributed by atoms with Crippen LogP contribution in [0.1, 0.15) is 15.9 Å². The van der Waals surface area contributed by atoms with E-state index in [2.05, 4.69) is 10.2 Å². The van der Waals surface area contributed by atoms with Gasteiger partial charge in [0.1, 0.15) is 0 Å². The van der Waals surface area contributed by atoms with Gasteiger partial charge in [-0.15, -0.1) is 0 Å². The Kier molecular flexibility index (Phi) is 4.94. The van der Waals surface area contributed by atoms with Crippen LogP contribution in [0.3, 0.4) is 0 Å². The lowest BCUT2D eigenvalue weighted by molar-refractivity contribution is 0.102. The lowest BCUT2D eigenvalue weighted by atomic mass is 10.1. The van der Waals surface area contributed by atoms with Gasteiger partial charge in [-0.3, -0.25) is 4.79 Å². The first-order valence-corrected chi connectivity index (χ1v) is 7.85. The first kappa shape index (κ1) is 17.3. The van der Waals surface area contributed by atoms with Gasteiger partial charge in [-0.2, -0.15) is 0 Å². The second kappa shape index (κ2) is 7.14. The minimum Gasteiger partial charge on any atom is -0.378 e. The van der Waals surface area contributed by atoms with Gasteiger partial charge in [-0.25, -0.2) is 13.2 Å². The summed E-state index contributed by atoms with van der Waals surface area (Å²) in [7, 11) is 0. The molecule has 4 nitrogen and oxygen atoms in total. The fraction of sp³-hybridized carbons (Fsp3) is 0.278. The Balaban J connectivity index is 1.84. The number of rotatable bonds is 3. The topological polar surface area (TPSA) is 41.6 Å². The summed E-state index contributed by atoms with van der Waals surface area (Å²) < 4.78 is 45.4. The normalized spacial score (nSPS) is 14.5. The van der Waals surface area contributed by atoms with E-state index in [1.165, 1.54) is 0 Å². The zero-order chi connectivity index (χ0) is 18.0. The van der Waals surface area contributed by atoms with Crippen molar-refractivity contribution in [3.05, 3.63) is 58.9 Å². The second-order valence-electron chi connectivity index (χ2n) is 5.78. The van der Waals surface area contributed by atoms with Crippen LogP contribution in [0, 0.1) is 24.4 Å². The number of nitrogens with zero attached hydrogens (tertiary/aromatic N) is 1. The lowest BCUT2D eigenvalue weighted by Crippen LogP contribution is -2.36. The molecular weight excluding hydrogens is 333 g/mol. The van der Waals surface area contributed by atoms with E-state index in [1.807, 2.05) is 12.1 Å². The Bertz CT molecular complexity index is 805. The van der Waals surface area contributed by atoms with E-state index < -0.39 is 28.9 Å². The molecule has 3 rings (SSSR count). The number of ether oxygens (including phenoxy) is 1. The number of amides is 1. The molecule has 2 aromatic rings. The molecule has 1 amide bonds. The smallest absolute Gasteiger partial charge is 0.258 e. The number of hydrogen-bond donors (Lipinski definition) is 1. The highest BCUT2D eigenvalue weighted by molar-refractivity contribution is 6.05. The van der Waals surface area contributed by atoms with Gasteiger partial charge < -0.3 is 15.0 Å². The zero-order valence-corrected chi connectivity index (χ0v) is 13.6. The first-order valence-electron chi connectivity index (χ1n) is 7.85. The molecule has 0 saturated carbocycles. The number of aryl methyl sites for hydroxylation is 1. The number of nitrogens with one attached hydrogen (secondary N) is 1. The summed E-state index contributed by atoms with van der Waals surface area (Å²) in [5, 5.41) is 2.57. The number of carbonyl (C=O) groups is 1. The molecule has 2 aromatic carbocycles. The van der Waals surface area contributed by atoms with Gasteiger partial charge in [0.15, 0.2) is 17.5 Å². The van der Waals surface area contributed by atoms with Crippen molar-refractivity contribution >= 4 is 17.3 Å². The number of anilines is 2. The van der Waals surface area contributed by atoms with Gasteiger partial charge in [-0.1, -0.05) is 6.07 Å². The van der Waals surface area contributed by atoms with Crippen molar-refractivity contribution in [2.24, 2.45) is 0 Å². The summed E-state index contributed by atoms with van der Waals surface area (Å²) in [6.45, 7) is 4.49. The Morgan fingerprint density at radius 2 is 1.80 bits per heavy atom. The molecule has 0 unspecified atom stereocenters. The minimum atomic E-state index is -1.66. The van der Waals surface area contributed by atoms with E-state index >= 15 is 0 Å². The molecule has 25 heavy (non-hydrogen) atoms. The van der Waals surface area contributed by atoms with Crippen LogP contribution < -0.4 is 10.2 Å². The monoisotopic (exact) mass is 350 g/mol. The van der Waals surface area contributed by atoms with Gasteiger partial charge >= 0.3 is 0 Å². The van der Waals surface area contributed by atoms with Gasteiger partial charge in [-0.05, 0) is 36.8 Å². The number of hydrogen-bond acceptors (Lipinski definition) is 3. The molecule has 1 aliphatic rings. The van der Waals surface area contributed by atoms with Gasteiger partial charge in [0.25, 0.3) is 5.91 Å². The van der Waals surface area contributed by atoms with E-state index in [4.69, 9.17) is 4.74 Å². The highest BCUT2D eigenvalue weighted by atomic mass is 19.2. The predicted octanol–water partition coefficient (Wildman–Crippen LogP) is 3.50. The summed E-state index contributed by atoms with van der Waals surface area (Å²) in [6.07, 6.45) is 0. The maximum atomic E-state index is 13.8. The summed E-state index contributed by atoms with van der Waals surface area (Å²) in [4.78, 5) is 14.4. The third-order valence-electron chi connectivity index (χ3n) is 4.13. The molecule has 1 fully saturated rings. The van der Waals surface area contributed by atoms with E-state index in [9.17, 15) is 18.0 Å². The average molecular weight is 350 g/mol. The highest BCUT2D eigenvalue weighted by Gasteiger charge is 2.20. The van der Waals surface area contributed by atoms with Crippen LogP contribution in [-0.4, -0.2) is 32.2 Å². The third kappa shape index (κ3) is 3.61. The van der Waals surface area contributed by atoms with Crippen LogP contribution in [0.4, 0.5) is 24.5 Å². The second-order valence-corrected chi connectivity index (χ2v) is 5.78. The predicted molar refractivity (Wildman–Crippen MR) is 88.5 cm³/mol. The number of carbonyl (C=O) groups excluding carboxylic acids is 1. The van der Waals surface area contributed by atoms with Crippen molar-refractivity contribution in [3.63, 3.8) is 0 Å². The molecule has 1 aliphatic heterocycles. The third-order valence-corrected chi connectivity index (χ3v) is 4.13. The van der Waals surface area contributed by atoms with E-state index in [0.29, 0.717) is 18.9 Å². The molecule has 1 heterocycles. The Morgan fingerprint density at radius 3 is 2.52 bits per heavy atom. The number of benzene rings is 2. The Hall–Kier alpha value is -2.54. The number of morpholine rings is 1. The zero-order valence-electron chi connectivity index (χ0n) is 13.6. The molecule has 0 atom stereocenters. The van der Waals surface area contributed by atoms with Crippen molar-refractivity contribution in [2.45, 2.75) is 6.92 Å². The van der Waals surface area contributed by atoms with Gasteiger partial charge in [0, 0.05) is 24.5 Å². The minimum absolute atomic E-state index is 0.484. The molecule has 0 radical (unpaired) electrons. The number of halogens is 3. The van der Waals surface area contributed by atoms with Crippen molar-refractivity contribution in [2.75, 3.05) is 36.5 Å². The molecule has 0 spiro atoms. The van der Waals surface area contributed by atoms with Crippen LogP contribution in [-0.2, 0) is 4.74 Å². The van der Waals surface area contributed by atoms with Crippen molar-refractivity contribution in [3.8, 4) is 0 Å². The van der Waals surface area contributed by atoms with Crippen molar-refractivity contribution < 1.29 is 22.7 Å². The summed E-state index contributed by atoms with van der Waals surface area (Å²) in [5.41, 5.74) is 1.61. The molecule has 7 heteroatoms. The van der Waals surface area contributed by atoms with Crippen LogP contribution >= 0.6 is 0 Å². The quantitative estimate of drug-likeness (QED) is 0.862. The van der Waals surface area contributed by atoms with Crippen LogP contribution in [0.25, 0.3) is 0 Å². The van der Waals surface area contributed by atoms with Crippen LogP contribution in [0.2, 0.25) is 0 Å². The molecular formula is C18H17F3N2O2. The van der Waals surface area contributed by atoms with Crippen LogP contribution in [0.15, 0.2) is 30.3 Å². The maximum Gasteiger partial charge on any atom is 0.258 e. The van der Waals surface area contributed by atoms with Crippen LogP contribution in [0.5, 0.6) is 0 Å². The molecule has 1 N–H and O–H groups in total. The standard InChI is InChI=1S/C18H17F3N2O2/c1-11-2-3-12(23-6-8-25-9-7-23)10-15(11)22-18(24)13-4-5-14(19)17(21)16(13)20/h2-5,10H,6-9H2,1H3,(H,22,24). The van der Waals surface area contributed by atoms with Crippen molar-refractivity contribution in [1.29, 1.82) is 0 Å². The fourth-order valence-corrected chi connectivity index (χ4v) is 2.65. The van der Waals surface area contributed by atoms with E-state index in [-0.39, 0.29) is 0 Å². The Morgan fingerprint density at radius 1 is 1.08 bits per heavy atom. The van der Waals surface area contributed by atoms with Gasteiger partial charge in [0.2, 0.25) is 0 Å². The highest BCUT2D eigenvalue weighted by Crippen LogP contribution is 2.25. The molecule has 0 bridgehead atoms. The molecule has 132 valence electrons. The SMILES string of the molecule is Cc1ccc(N2CCOCC2)cc1NC(=O)c1ccc(F)c(F)c1F.